The van der Waals surface area contributed by atoms with Gasteiger partial charge in [0.2, 0.25) is 0 Å². The average Bonchev–Trinajstić information content (AvgIpc) is 2.02. The van der Waals surface area contributed by atoms with Crippen molar-refractivity contribution in [2.24, 2.45) is 5.92 Å². The summed E-state index contributed by atoms with van der Waals surface area (Å²) >= 11 is 0. The van der Waals surface area contributed by atoms with Gasteiger partial charge in [-0.3, -0.25) is 0 Å². The zero-order valence-electron chi connectivity index (χ0n) is 10.3. The van der Waals surface area contributed by atoms with Gasteiger partial charge in [-0.1, -0.05) is 33.6 Å². The van der Waals surface area contributed by atoms with Crippen LogP contribution < -0.4 is 0 Å². The highest BCUT2D eigenvalue weighted by atomic mass is 15.2. The van der Waals surface area contributed by atoms with E-state index in [9.17, 15) is 0 Å². The first kappa shape index (κ1) is 12.0. The molecule has 2 fully saturated rings. The van der Waals surface area contributed by atoms with Gasteiger partial charge in [-0.15, -0.1) is 0 Å². The lowest BCUT2D eigenvalue weighted by atomic mass is 9.88. The van der Waals surface area contributed by atoms with Crippen LogP contribution in [0.25, 0.3) is 0 Å². The fourth-order valence-electron chi connectivity index (χ4n) is 2.31. The van der Waals surface area contributed by atoms with Gasteiger partial charge < -0.3 is 4.90 Å². The van der Waals surface area contributed by atoms with Crippen LogP contribution in [0.4, 0.5) is 0 Å². The highest BCUT2D eigenvalue weighted by molar-refractivity contribution is 4.83. The Morgan fingerprint density at radius 2 is 1.71 bits per heavy atom. The van der Waals surface area contributed by atoms with Crippen molar-refractivity contribution in [1.29, 1.82) is 0 Å². The molecule has 1 aliphatic heterocycles. The number of hydrogen-bond acceptors (Lipinski definition) is 1. The minimum absolute atomic E-state index is 0.962. The van der Waals surface area contributed by atoms with Crippen LogP contribution in [0.15, 0.2) is 0 Å². The molecule has 0 N–H and O–H groups in total. The van der Waals surface area contributed by atoms with Crippen LogP contribution in [0, 0.1) is 5.92 Å². The molecule has 0 aromatic heterocycles. The molecule has 0 spiro atoms. The van der Waals surface area contributed by atoms with Crippen molar-refractivity contribution in [3.05, 3.63) is 0 Å². The third-order valence-electron chi connectivity index (χ3n) is 3.28. The summed E-state index contributed by atoms with van der Waals surface area (Å²) in [5.74, 6) is 0.962. The fourth-order valence-corrected chi connectivity index (χ4v) is 2.31. The Morgan fingerprint density at radius 1 is 1.07 bits per heavy atom. The van der Waals surface area contributed by atoms with Crippen LogP contribution in [0.3, 0.4) is 0 Å². The molecule has 0 unspecified atom stereocenters. The Bertz CT molecular complexity index is 140. The Labute approximate surface area is 89.9 Å². The minimum atomic E-state index is 0.962. The number of likely N-dealkylation sites (tertiary alicyclic amines) is 1. The van der Waals surface area contributed by atoms with Crippen molar-refractivity contribution in [1.82, 2.24) is 4.90 Å². The fraction of sp³-hybridized carbons (Fsp3) is 1.00. The summed E-state index contributed by atoms with van der Waals surface area (Å²) in [5.41, 5.74) is 0. The van der Waals surface area contributed by atoms with Gasteiger partial charge >= 0.3 is 0 Å². The molecule has 0 amide bonds. The lowest BCUT2D eigenvalue weighted by Crippen LogP contribution is -2.45. The van der Waals surface area contributed by atoms with Crippen molar-refractivity contribution < 1.29 is 0 Å². The number of rotatable bonds is 1. The summed E-state index contributed by atoms with van der Waals surface area (Å²) in [6, 6.07) is 0.984. The maximum atomic E-state index is 2.72. The van der Waals surface area contributed by atoms with Crippen molar-refractivity contribution in [2.75, 3.05) is 13.1 Å². The van der Waals surface area contributed by atoms with E-state index in [-0.39, 0.29) is 0 Å². The second-order valence-corrected chi connectivity index (χ2v) is 5.03. The van der Waals surface area contributed by atoms with Gasteiger partial charge in [0.25, 0.3) is 0 Å². The van der Waals surface area contributed by atoms with Crippen LogP contribution in [-0.2, 0) is 0 Å². The first-order chi connectivity index (χ1) is 6.77. The molecular formula is C13H27N. The van der Waals surface area contributed by atoms with E-state index in [0.29, 0.717) is 0 Å². The van der Waals surface area contributed by atoms with E-state index in [0.717, 1.165) is 12.0 Å². The molecule has 0 radical (unpaired) electrons. The summed E-state index contributed by atoms with van der Waals surface area (Å²) in [6.07, 6.45) is 8.59. The molecule has 0 aromatic carbocycles. The van der Waals surface area contributed by atoms with Gasteiger partial charge in [-0.2, -0.15) is 0 Å². The Morgan fingerprint density at radius 3 is 2.14 bits per heavy atom. The van der Waals surface area contributed by atoms with E-state index in [4.69, 9.17) is 0 Å². The van der Waals surface area contributed by atoms with Crippen LogP contribution in [0.1, 0.15) is 59.3 Å². The predicted octanol–water partition coefficient (Wildman–Crippen LogP) is 3.69. The molecule has 84 valence electrons. The lowest BCUT2D eigenvalue weighted by molar-refractivity contribution is 0.0817. The van der Waals surface area contributed by atoms with Gasteiger partial charge in [-0.05, 0) is 38.1 Å². The molecule has 1 atom stereocenters. The molecule has 1 nitrogen and oxygen atoms in total. The van der Waals surface area contributed by atoms with Gasteiger partial charge in [0.1, 0.15) is 0 Å². The van der Waals surface area contributed by atoms with E-state index >= 15 is 0 Å². The normalized spacial score (nSPS) is 28.9. The molecule has 14 heavy (non-hydrogen) atoms. The highest BCUT2D eigenvalue weighted by Crippen LogP contribution is 2.28. The van der Waals surface area contributed by atoms with Crippen LogP contribution >= 0.6 is 0 Å². The molecule has 1 aliphatic carbocycles. The summed E-state index contributed by atoms with van der Waals surface area (Å²) in [7, 11) is 0. The molecule has 2 aliphatic rings. The molecule has 1 saturated carbocycles. The molecule has 2 rings (SSSR count). The molecular weight excluding hydrogens is 170 g/mol. The maximum absolute atomic E-state index is 2.72. The third-order valence-corrected chi connectivity index (χ3v) is 3.28. The SMILES string of the molecule is CCC.C[C@@H]1CCCN(C2CCC2)C1. The van der Waals surface area contributed by atoms with Crippen LogP contribution in [0.5, 0.6) is 0 Å². The monoisotopic (exact) mass is 197 g/mol. The number of hydrogen-bond donors (Lipinski definition) is 0. The minimum Gasteiger partial charge on any atom is -0.300 e. The maximum Gasteiger partial charge on any atom is 0.00953 e. The largest absolute Gasteiger partial charge is 0.300 e. The van der Waals surface area contributed by atoms with Gasteiger partial charge in [0.15, 0.2) is 0 Å². The van der Waals surface area contributed by atoms with Gasteiger partial charge in [0, 0.05) is 12.6 Å². The molecule has 1 saturated heterocycles. The van der Waals surface area contributed by atoms with Crippen molar-refractivity contribution in [2.45, 2.75) is 65.3 Å². The number of nitrogens with zero attached hydrogens (tertiary/aromatic N) is 1. The highest BCUT2D eigenvalue weighted by Gasteiger charge is 2.27. The first-order valence-electron chi connectivity index (χ1n) is 6.52. The summed E-state index contributed by atoms with van der Waals surface area (Å²) in [4.78, 5) is 2.72. The van der Waals surface area contributed by atoms with Crippen molar-refractivity contribution in [3.63, 3.8) is 0 Å². The molecule has 0 bridgehead atoms. The van der Waals surface area contributed by atoms with E-state index in [2.05, 4.69) is 25.7 Å². The Kier molecular flexibility index (Phi) is 5.54. The molecule has 1 heterocycles. The third kappa shape index (κ3) is 3.61. The summed E-state index contributed by atoms with van der Waals surface area (Å²) < 4.78 is 0. The van der Waals surface area contributed by atoms with Crippen LogP contribution in [0.2, 0.25) is 0 Å². The van der Waals surface area contributed by atoms with Crippen LogP contribution in [-0.4, -0.2) is 24.0 Å². The van der Waals surface area contributed by atoms with E-state index < -0.39 is 0 Å². The standard InChI is InChI=1S/C10H19N.C3H8/c1-9-4-3-7-11(8-9)10-5-2-6-10;1-3-2/h9-10H,2-8H2,1H3;3H2,1-2H3/t9-;/m1./s1. The van der Waals surface area contributed by atoms with Gasteiger partial charge in [-0.25, -0.2) is 0 Å². The second-order valence-electron chi connectivity index (χ2n) is 5.03. The zero-order valence-corrected chi connectivity index (χ0v) is 10.3. The average molecular weight is 197 g/mol. The number of piperidine rings is 1. The van der Waals surface area contributed by atoms with Gasteiger partial charge in [0.05, 0.1) is 0 Å². The summed E-state index contributed by atoms with van der Waals surface area (Å²) in [6.45, 7) is 9.41. The van der Waals surface area contributed by atoms with E-state index in [1.165, 1.54) is 51.6 Å². The lowest BCUT2D eigenvalue weighted by Gasteiger charge is -2.41. The first-order valence-corrected chi connectivity index (χ1v) is 6.52. The van der Waals surface area contributed by atoms with E-state index in [1.807, 2.05) is 0 Å². The molecule has 0 aromatic rings. The van der Waals surface area contributed by atoms with Crippen molar-refractivity contribution in [3.8, 4) is 0 Å². The van der Waals surface area contributed by atoms with Crippen molar-refractivity contribution >= 4 is 0 Å². The topological polar surface area (TPSA) is 3.24 Å². The second kappa shape index (κ2) is 6.44. The quantitative estimate of drug-likeness (QED) is 0.620. The molecule has 1 heteroatoms. The zero-order chi connectivity index (χ0) is 10.4. The Balaban J connectivity index is 0.000000293. The smallest absolute Gasteiger partial charge is 0.00953 e. The Hall–Kier alpha value is -0.0400. The van der Waals surface area contributed by atoms with E-state index in [1.54, 1.807) is 0 Å². The summed E-state index contributed by atoms with van der Waals surface area (Å²) in [5, 5.41) is 0. The predicted molar refractivity (Wildman–Crippen MR) is 63.6 cm³/mol.